The maximum Gasteiger partial charge on any atom is 0.606 e. The number of para-hydroxylation sites is 1. The van der Waals surface area contributed by atoms with Gasteiger partial charge in [-0.05, 0) is 16.7 Å². The highest BCUT2D eigenvalue weighted by Gasteiger charge is 2.38. The Morgan fingerprint density at radius 1 is 1.37 bits per heavy atom. The van der Waals surface area contributed by atoms with E-state index in [0.717, 1.165) is 4.90 Å². The molecule has 0 saturated carbocycles. The number of nitrogens with zero attached hydrogens (tertiary/aromatic N) is 1. The molecule has 0 heterocycles. The lowest BCUT2D eigenvalue weighted by atomic mass is 10.3. The molecule has 0 spiro atoms. The number of carboxylic acid groups (broad SMARTS) is 1. The zero-order valence-electron chi connectivity index (χ0n) is 10.0. The Labute approximate surface area is 110 Å². The monoisotopic (exact) mass is 288 g/mol. The molecule has 19 heavy (non-hydrogen) atoms. The molecule has 0 bridgehead atoms. The number of hydrogen-bond acceptors (Lipinski definition) is 6. The lowest BCUT2D eigenvalue weighted by Gasteiger charge is -2.16. The van der Waals surface area contributed by atoms with Crippen LogP contribution in [0, 0.1) is 0 Å². The Balaban J connectivity index is 2.65. The SMILES string of the molecule is O=C(O)CN(CCO)C(O)[P+](=O)Oc1ccccc1. The fourth-order valence-electron chi connectivity index (χ4n) is 1.34. The van der Waals surface area contributed by atoms with Crippen LogP contribution in [-0.2, 0) is 9.36 Å². The highest BCUT2D eigenvalue weighted by Crippen LogP contribution is 2.32. The molecule has 0 aliphatic heterocycles. The average molecular weight is 288 g/mol. The zero-order valence-corrected chi connectivity index (χ0v) is 10.9. The van der Waals surface area contributed by atoms with Gasteiger partial charge in [0.15, 0.2) is 5.75 Å². The van der Waals surface area contributed by atoms with E-state index in [0.29, 0.717) is 5.75 Å². The van der Waals surface area contributed by atoms with Gasteiger partial charge < -0.3 is 15.3 Å². The van der Waals surface area contributed by atoms with Crippen LogP contribution in [0.5, 0.6) is 5.75 Å². The summed E-state index contributed by atoms with van der Waals surface area (Å²) < 4.78 is 16.8. The predicted octanol–water partition coefficient (Wildman–Crippen LogP) is 0.463. The molecule has 0 aromatic heterocycles. The van der Waals surface area contributed by atoms with E-state index in [-0.39, 0.29) is 13.2 Å². The fraction of sp³-hybridized carbons (Fsp3) is 0.364. The van der Waals surface area contributed by atoms with Crippen molar-refractivity contribution in [3.63, 3.8) is 0 Å². The Bertz CT molecular complexity index is 426. The smallest absolute Gasteiger partial charge is 0.480 e. The highest BCUT2D eigenvalue weighted by atomic mass is 31.1. The Morgan fingerprint density at radius 2 is 2.00 bits per heavy atom. The molecule has 1 rings (SSSR count). The molecule has 1 aromatic carbocycles. The van der Waals surface area contributed by atoms with Crippen LogP contribution in [0.15, 0.2) is 30.3 Å². The van der Waals surface area contributed by atoms with Gasteiger partial charge in [0.2, 0.25) is 0 Å². The summed E-state index contributed by atoms with van der Waals surface area (Å²) in [5, 5.41) is 27.2. The Morgan fingerprint density at radius 3 is 2.53 bits per heavy atom. The molecule has 104 valence electrons. The zero-order chi connectivity index (χ0) is 14.3. The number of aliphatic hydroxyl groups is 2. The molecule has 0 radical (unpaired) electrons. The van der Waals surface area contributed by atoms with Crippen LogP contribution in [0.1, 0.15) is 0 Å². The number of aliphatic carboxylic acids is 1. The van der Waals surface area contributed by atoms with Crippen molar-refractivity contribution in [3.05, 3.63) is 30.3 Å². The minimum Gasteiger partial charge on any atom is -0.480 e. The summed E-state index contributed by atoms with van der Waals surface area (Å²) in [5.74, 6) is -2.49. The van der Waals surface area contributed by atoms with Crippen molar-refractivity contribution in [3.8, 4) is 5.75 Å². The van der Waals surface area contributed by atoms with E-state index >= 15 is 0 Å². The van der Waals surface area contributed by atoms with E-state index < -0.39 is 26.5 Å². The van der Waals surface area contributed by atoms with Crippen LogP contribution in [0.4, 0.5) is 0 Å². The van der Waals surface area contributed by atoms with Gasteiger partial charge in [0.1, 0.15) is 6.54 Å². The van der Waals surface area contributed by atoms with Crippen LogP contribution >= 0.6 is 8.03 Å². The molecule has 2 unspecified atom stereocenters. The minimum absolute atomic E-state index is 0.118. The molecule has 2 atom stereocenters. The maximum atomic E-state index is 11.8. The third kappa shape index (κ3) is 5.32. The van der Waals surface area contributed by atoms with Gasteiger partial charge in [-0.3, -0.25) is 9.32 Å². The van der Waals surface area contributed by atoms with Gasteiger partial charge in [-0.2, -0.15) is 0 Å². The van der Waals surface area contributed by atoms with Crippen molar-refractivity contribution < 1.29 is 29.2 Å². The van der Waals surface area contributed by atoms with Gasteiger partial charge in [0.05, 0.1) is 6.61 Å². The average Bonchev–Trinajstić information content (AvgIpc) is 2.38. The van der Waals surface area contributed by atoms with Crippen LogP contribution in [0.25, 0.3) is 0 Å². The van der Waals surface area contributed by atoms with Crippen LogP contribution in [-0.4, -0.2) is 51.9 Å². The normalized spacial score (nSPS) is 13.1. The molecule has 7 nitrogen and oxygen atoms in total. The van der Waals surface area contributed by atoms with E-state index in [1.54, 1.807) is 30.3 Å². The minimum atomic E-state index is -2.54. The van der Waals surface area contributed by atoms with Gasteiger partial charge >= 0.3 is 20.0 Å². The summed E-state index contributed by atoms with van der Waals surface area (Å²) in [6.07, 6.45) is 0. The first-order valence-corrected chi connectivity index (χ1v) is 6.73. The largest absolute Gasteiger partial charge is 0.606 e. The molecule has 0 fully saturated rings. The van der Waals surface area contributed by atoms with Crippen LogP contribution in [0.2, 0.25) is 0 Å². The topological polar surface area (TPSA) is 107 Å². The molecule has 1 aromatic rings. The van der Waals surface area contributed by atoms with Crippen LogP contribution < -0.4 is 4.52 Å². The summed E-state index contributed by atoms with van der Waals surface area (Å²) in [5.41, 5.74) is 0. The Kier molecular flexibility index (Phi) is 6.38. The predicted molar refractivity (Wildman–Crippen MR) is 67.0 cm³/mol. The van der Waals surface area contributed by atoms with Crippen molar-refractivity contribution in [1.29, 1.82) is 0 Å². The molecule has 3 N–H and O–H groups in total. The molecular formula is C11H15NO6P+. The van der Waals surface area contributed by atoms with Gasteiger partial charge in [0, 0.05) is 6.54 Å². The number of carbonyl (C=O) groups is 1. The van der Waals surface area contributed by atoms with E-state index in [2.05, 4.69) is 0 Å². The molecule has 0 aliphatic carbocycles. The first-order valence-electron chi connectivity index (χ1n) is 5.48. The highest BCUT2D eigenvalue weighted by molar-refractivity contribution is 7.40. The van der Waals surface area contributed by atoms with Crippen molar-refractivity contribution in [1.82, 2.24) is 4.90 Å². The molecular weight excluding hydrogens is 273 g/mol. The second-order valence-corrected chi connectivity index (χ2v) is 4.84. The van der Waals surface area contributed by atoms with Crippen molar-refractivity contribution in [2.75, 3.05) is 19.7 Å². The summed E-state index contributed by atoms with van der Waals surface area (Å²) in [6.45, 7) is -1.02. The number of rotatable bonds is 8. The number of carboxylic acids is 1. The molecule has 8 heteroatoms. The maximum absolute atomic E-state index is 11.8. The Hall–Kier alpha value is -1.53. The van der Waals surface area contributed by atoms with Crippen LogP contribution in [0.3, 0.4) is 0 Å². The number of hydrogen-bond donors (Lipinski definition) is 3. The quantitative estimate of drug-likeness (QED) is 0.471. The van der Waals surface area contributed by atoms with Crippen molar-refractivity contribution in [2.24, 2.45) is 0 Å². The van der Waals surface area contributed by atoms with E-state index in [4.69, 9.17) is 14.7 Å². The van der Waals surface area contributed by atoms with Crippen molar-refractivity contribution >= 4 is 14.0 Å². The lowest BCUT2D eigenvalue weighted by Crippen LogP contribution is -2.39. The molecule has 0 amide bonds. The first-order chi connectivity index (χ1) is 9.04. The molecule has 0 saturated heterocycles. The van der Waals surface area contributed by atoms with Gasteiger partial charge in [0.25, 0.3) is 0 Å². The second-order valence-electron chi connectivity index (χ2n) is 3.62. The third-order valence-corrected chi connectivity index (χ3v) is 3.27. The summed E-state index contributed by atoms with van der Waals surface area (Å²) in [4.78, 5) is 11.6. The van der Waals surface area contributed by atoms with E-state index in [1.165, 1.54) is 0 Å². The molecule has 0 aliphatic rings. The van der Waals surface area contributed by atoms with E-state index in [9.17, 15) is 14.5 Å². The summed E-state index contributed by atoms with van der Waals surface area (Å²) in [6, 6.07) is 8.22. The van der Waals surface area contributed by atoms with Gasteiger partial charge in [-0.1, -0.05) is 18.2 Å². The summed E-state index contributed by atoms with van der Waals surface area (Å²) >= 11 is 0. The lowest BCUT2D eigenvalue weighted by molar-refractivity contribution is -0.140. The van der Waals surface area contributed by atoms with Gasteiger partial charge in [-0.25, -0.2) is 4.90 Å². The first kappa shape index (κ1) is 15.5. The van der Waals surface area contributed by atoms with Crippen molar-refractivity contribution in [2.45, 2.75) is 5.97 Å². The van der Waals surface area contributed by atoms with Gasteiger partial charge in [-0.15, -0.1) is 0 Å². The summed E-state index contributed by atoms with van der Waals surface area (Å²) in [7, 11) is -2.54. The van der Waals surface area contributed by atoms with E-state index in [1.807, 2.05) is 0 Å². The fourth-order valence-corrected chi connectivity index (χ4v) is 2.23. The number of aliphatic hydroxyl groups excluding tert-OH is 2. The standard InChI is InChI=1S/C11H14NO6P/c13-7-6-12(8-10(14)15)11(16)19(17)18-9-4-2-1-3-5-9/h1-5,11,13,16H,6-8H2/p+1. The number of benzene rings is 1. The third-order valence-electron chi connectivity index (χ3n) is 2.18. The second kappa shape index (κ2) is 7.81.